The molecule has 4 heteroatoms. The van der Waals surface area contributed by atoms with E-state index >= 15 is 0 Å². The van der Waals surface area contributed by atoms with Crippen molar-refractivity contribution < 1.29 is 9.59 Å². The van der Waals surface area contributed by atoms with Gasteiger partial charge in [-0.25, -0.2) is 4.79 Å². The van der Waals surface area contributed by atoms with Gasteiger partial charge in [0.2, 0.25) is 0 Å². The molecule has 0 aromatic heterocycles. The molecule has 1 N–H and O–H groups in total. The van der Waals surface area contributed by atoms with Crippen LogP contribution >= 0.6 is 0 Å². The van der Waals surface area contributed by atoms with Crippen molar-refractivity contribution in [2.45, 2.75) is 25.8 Å². The third-order valence-corrected chi connectivity index (χ3v) is 2.97. The highest BCUT2D eigenvalue weighted by atomic mass is 16.2. The van der Waals surface area contributed by atoms with E-state index in [4.69, 9.17) is 0 Å². The van der Waals surface area contributed by atoms with Gasteiger partial charge in [0, 0.05) is 31.1 Å². The molecule has 1 fully saturated rings. The molecule has 2 rings (SSSR count). The Morgan fingerprint density at radius 1 is 1.35 bits per heavy atom. The summed E-state index contributed by atoms with van der Waals surface area (Å²) in [4.78, 5) is 24.9. The largest absolute Gasteiger partial charge is 0.322 e. The summed E-state index contributed by atoms with van der Waals surface area (Å²) in [6.07, 6.45) is 0.925. The molecule has 0 bridgehead atoms. The molecule has 0 saturated carbocycles. The number of rotatable bonds is 1. The third kappa shape index (κ3) is 2.84. The zero-order chi connectivity index (χ0) is 12.3. The molecule has 1 unspecified atom stereocenters. The van der Waals surface area contributed by atoms with Gasteiger partial charge in [0.25, 0.3) is 0 Å². The Kier molecular flexibility index (Phi) is 3.42. The SMILES string of the molecule is CC1CC(=O)CCN1C(=O)Nc1ccccc1. The molecule has 0 radical (unpaired) electrons. The summed E-state index contributed by atoms with van der Waals surface area (Å²) in [5.74, 6) is 0.237. The van der Waals surface area contributed by atoms with E-state index in [2.05, 4.69) is 5.32 Å². The number of nitrogens with one attached hydrogen (secondary N) is 1. The molecule has 1 aliphatic rings. The fraction of sp³-hybridized carbons (Fsp3) is 0.385. The normalized spacial score (nSPS) is 20.2. The number of ketones is 1. The monoisotopic (exact) mass is 232 g/mol. The zero-order valence-corrected chi connectivity index (χ0v) is 9.85. The summed E-state index contributed by atoms with van der Waals surface area (Å²) < 4.78 is 0. The molecular formula is C13H16N2O2. The molecule has 0 aliphatic carbocycles. The number of anilines is 1. The quantitative estimate of drug-likeness (QED) is 0.807. The number of benzene rings is 1. The van der Waals surface area contributed by atoms with E-state index in [-0.39, 0.29) is 17.9 Å². The Morgan fingerprint density at radius 2 is 2.06 bits per heavy atom. The van der Waals surface area contributed by atoms with Crippen molar-refractivity contribution in [2.75, 3.05) is 11.9 Å². The lowest BCUT2D eigenvalue weighted by Gasteiger charge is -2.32. The summed E-state index contributed by atoms with van der Waals surface area (Å²) in [5.41, 5.74) is 0.779. The van der Waals surface area contributed by atoms with Gasteiger partial charge in [-0.2, -0.15) is 0 Å². The smallest absolute Gasteiger partial charge is 0.321 e. The number of likely N-dealkylation sites (tertiary alicyclic amines) is 1. The molecule has 1 aliphatic heterocycles. The van der Waals surface area contributed by atoms with Crippen LogP contribution in [0.5, 0.6) is 0 Å². The molecule has 2 amide bonds. The van der Waals surface area contributed by atoms with Crippen LogP contribution in [-0.2, 0) is 4.79 Å². The Labute approximate surface area is 101 Å². The van der Waals surface area contributed by atoms with E-state index in [0.717, 1.165) is 5.69 Å². The van der Waals surface area contributed by atoms with E-state index in [1.807, 2.05) is 37.3 Å². The predicted octanol–water partition coefficient (Wildman–Crippen LogP) is 2.27. The van der Waals surface area contributed by atoms with Crippen LogP contribution in [0, 0.1) is 0 Å². The molecule has 4 nitrogen and oxygen atoms in total. The van der Waals surface area contributed by atoms with Crippen LogP contribution in [0.4, 0.5) is 10.5 Å². The molecule has 1 aromatic rings. The fourth-order valence-corrected chi connectivity index (χ4v) is 2.03. The number of para-hydroxylation sites is 1. The van der Waals surface area contributed by atoms with E-state index < -0.39 is 0 Å². The van der Waals surface area contributed by atoms with Crippen molar-refractivity contribution in [1.82, 2.24) is 4.90 Å². The minimum atomic E-state index is -0.129. The first-order valence-corrected chi connectivity index (χ1v) is 5.81. The van der Waals surface area contributed by atoms with Crippen molar-refractivity contribution in [3.05, 3.63) is 30.3 Å². The maximum Gasteiger partial charge on any atom is 0.322 e. The van der Waals surface area contributed by atoms with E-state index in [0.29, 0.717) is 19.4 Å². The first kappa shape index (κ1) is 11.6. The average molecular weight is 232 g/mol. The van der Waals surface area contributed by atoms with Gasteiger partial charge < -0.3 is 10.2 Å². The lowest BCUT2D eigenvalue weighted by Crippen LogP contribution is -2.46. The Morgan fingerprint density at radius 3 is 2.71 bits per heavy atom. The van der Waals surface area contributed by atoms with Crippen LogP contribution in [0.25, 0.3) is 0 Å². The average Bonchev–Trinajstić information content (AvgIpc) is 2.30. The molecule has 1 atom stereocenters. The van der Waals surface area contributed by atoms with Crippen LogP contribution < -0.4 is 5.32 Å². The number of hydrogen-bond donors (Lipinski definition) is 1. The summed E-state index contributed by atoms with van der Waals surface area (Å²) in [6, 6.07) is 9.20. The van der Waals surface area contributed by atoms with Gasteiger partial charge in [-0.05, 0) is 19.1 Å². The summed E-state index contributed by atoms with van der Waals surface area (Å²) in [7, 11) is 0. The lowest BCUT2D eigenvalue weighted by molar-refractivity contribution is -0.122. The highest BCUT2D eigenvalue weighted by Crippen LogP contribution is 2.15. The molecule has 17 heavy (non-hydrogen) atoms. The van der Waals surface area contributed by atoms with E-state index in [1.165, 1.54) is 0 Å². The van der Waals surface area contributed by atoms with Gasteiger partial charge in [0.15, 0.2) is 0 Å². The zero-order valence-electron chi connectivity index (χ0n) is 9.85. The van der Waals surface area contributed by atoms with E-state index in [1.54, 1.807) is 4.90 Å². The summed E-state index contributed by atoms with van der Waals surface area (Å²) in [6.45, 7) is 2.42. The summed E-state index contributed by atoms with van der Waals surface area (Å²) >= 11 is 0. The van der Waals surface area contributed by atoms with Crippen molar-refractivity contribution in [3.8, 4) is 0 Å². The molecule has 0 spiro atoms. The van der Waals surface area contributed by atoms with Gasteiger partial charge in [0.05, 0.1) is 0 Å². The minimum absolute atomic E-state index is 0.0139. The topological polar surface area (TPSA) is 49.4 Å². The number of hydrogen-bond acceptors (Lipinski definition) is 2. The number of amides is 2. The highest BCUT2D eigenvalue weighted by Gasteiger charge is 2.27. The molecule has 90 valence electrons. The van der Waals surface area contributed by atoms with Crippen molar-refractivity contribution >= 4 is 17.5 Å². The van der Waals surface area contributed by atoms with Crippen LogP contribution in [-0.4, -0.2) is 29.3 Å². The lowest BCUT2D eigenvalue weighted by atomic mass is 10.0. The van der Waals surface area contributed by atoms with Crippen molar-refractivity contribution in [1.29, 1.82) is 0 Å². The second-order valence-electron chi connectivity index (χ2n) is 4.33. The van der Waals surface area contributed by atoms with Crippen LogP contribution in [0.15, 0.2) is 30.3 Å². The molecule has 1 saturated heterocycles. The molecule has 1 aromatic carbocycles. The maximum atomic E-state index is 12.0. The van der Waals surface area contributed by atoms with Gasteiger partial charge in [-0.3, -0.25) is 4.79 Å². The van der Waals surface area contributed by atoms with Crippen LogP contribution in [0.2, 0.25) is 0 Å². The Bertz CT molecular complexity index is 417. The highest BCUT2D eigenvalue weighted by molar-refractivity contribution is 5.91. The molecular weight excluding hydrogens is 216 g/mol. The number of piperidine rings is 1. The van der Waals surface area contributed by atoms with Gasteiger partial charge in [-0.15, -0.1) is 0 Å². The fourth-order valence-electron chi connectivity index (χ4n) is 2.03. The standard InChI is InChI=1S/C13H16N2O2/c1-10-9-12(16)7-8-15(10)13(17)14-11-5-3-2-4-6-11/h2-6,10H,7-9H2,1H3,(H,14,17). The maximum absolute atomic E-state index is 12.0. The van der Waals surface area contributed by atoms with Gasteiger partial charge in [0.1, 0.15) is 5.78 Å². The van der Waals surface area contributed by atoms with Gasteiger partial charge in [-0.1, -0.05) is 18.2 Å². The van der Waals surface area contributed by atoms with Crippen LogP contribution in [0.3, 0.4) is 0 Å². The Hall–Kier alpha value is -1.84. The third-order valence-electron chi connectivity index (χ3n) is 2.97. The van der Waals surface area contributed by atoms with E-state index in [9.17, 15) is 9.59 Å². The summed E-state index contributed by atoms with van der Waals surface area (Å²) in [5, 5.41) is 2.83. The number of carbonyl (C=O) groups is 2. The number of Topliss-reactive ketones (excluding diaryl/α,β-unsaturated/α-hetero) is 1. The second kappa shape index (κ2) is 4.99. The van der Waals surface area contributed by atoms with Crippen molar-refractivity contribution in [2.24, 2.45) is 0 Å². The number of nitrogens with zero attached hydrogens (tertiary/aromatic N) is 1. The van der Waals surface area contributed by atoms with Crippen LogP contribution in [0.1, 0.15) is 19.8 Å². The minimum Gasteiger partial charge on any atom is -0.321 e. The number of carbonyl (C=O) groups excluding carboxylic acids is 2. The Balaban J connectivity index is 1.98. The number of urea groups is 1. The van der Waals surface area contributed by atoms with Crippen molar-refractivity contribution in [3.63, 3.8) is 0 Å². The molecule has 1 heterocycles. The van der Waals surface area contributed by atoms with Gasteiger partial charge >= 0.3 is 6.03 Å². The first-order chi connectivity index (χ1) is 8.16. The first-order valence-electron chi connectivity index (χ1n) is 5.81. The predicted molar refractivity (Wildman–Crippen MR) is 65.9 cm³/mol. The second-order valence-corrected chi connectivity index (χ2v) is 4.33.